The second kappa shape index (κ2) is 9.23. The molecule has 2 atom stereocenters. The molecule has 3 aliphatic rings. The first kappa shape index (κ1) is 29.0. The minimum Gasteiger partial charge on any atom is -0.510 e. The number of Topliss-reactive ketones (excluding diaryl/α,β-unsaturated/α-hetero) is 1. The van der Waals surface area contributed by atoms with E-state index in [1.54, 1.807) is 0 Å². The van der Waals surface area contributed by atoms with E-state index in [1.165, 1.54) is 0 Å². The number of ether oxygens (including phenoxy) is 1. The highest BCUT2D eigenvalue weighted by atomic mass is 16.5. The molecule has 0 amide bonds. The second-order valence-corrected chi connectivity index (χ2v) is 13.8. The van der Waals surface area contributed by atoms with E-state index in [0.29, 0.717) is 23.6 Å². The standard InChI is InChI=1S/C35H45N3O3/c1-11-12-15-41-21-13-14-25(36)22(16-21)32(4,5)19(2)28-29(39)35(10,30(28)40)31-34(8,9)24-18-26-23(17-27(24)38-31)33(6,7)20(3)37-26/h13-14,16-19,37,39H,3,11-12,15,36H2,1-2,4-10H3. The second-order valence-electron chi connectivity index (χ2n) is 13.8. The van der Waals surface area contributed by atoms with Crippen LogP contribution in [0.3, 0.4) is 0 Å². The fourth-order valence-electron chi connectivity index (χ4n) is 6.83. The Kier molecular flexibility index (Phi) is 6.52. The van der Waals surface area contributed by atoms with Crippen molar-refractivity contribution in [1.29, 1.82) is 0 Å². The molecule has 1 aliphatic carbocycles. The molecule has 41 heavy (non-hydrogen) atoms. The Morgan fingerprint density at radius 1 is 1.10 bits per heavy atom. The van der Waals surface area contributed by atoms with Gasteiger partial charge in [-0.25, -0.2) is 0 Å². The number of anilines is 2. The van der Waals surface area contributed by atoms with Crippen molar-refractivity contribution in [1.82, 2.24) is 0 Å². The quantitative estimate of drug-likeness (QED) is 0.226. The van der Waals surface area contributed by atoms with Gasteiger partial charge in [-0.1, -0.05) is 68.4 Å². The molecule has 0 spiro atoms. The van der Waals surface area contributed by atoms with E-state index in [9.17, 15) is 9.90 Å². The third-order valence-corrected chi connectivity index (χ3v) is 10.2. The predicted octanol–water partition coefficient (Wildman–Crippen LogP) is 8.04. The highest BCUT2D eigenvalue weighted by molar-refractivity contribution is 6.27. The van der Waals surface area contributed by atoms with Gasteiger partial charge in [0.1, 0.15) is 16.9 Å². The van der Waals surface area contributed by atoms with Gasteiger partial charge in [0.25, 0.3) is 0 Å². The van der Waals surface area contributed by atoms with E-state index in [0.717, 1.165) is 52.4 Å². The summed E-state index contributed by atoms with van der Waals surface area (Å²) in [5.41, 5.74) is 11.7. The summed E-state index contributed by atoms with van der Waals surface area (Å²) in [7, 11) is 0. The summed E-state index contributed by atoms with van der Waals surface area (Å²) in [4.78, 5) is 19.2. The van der Waals surface area contributed by atoms with E-state index < -0.39 is 16.2 Å². The van der Waals surface area contributed by atoms with Crippen molar-refractivity contribution in [2.75, 3.05) is 17.7 Å². The lowest BCUT2D eigenvalue weighted by Crippen LogP contribution is -2.55. The molecule has 2 aromatic rings. The number of unbranched alkanes of at least 4 members (excludes halogenated alkanes) is 1. The van der Waals surface area contributed by atoms with Crippen molar-refractivity contribution in [2.24, 2.45) is 16.3 Å². The summed E-state index contributed by atoms with van der Waals surface area (Å²) in [6.45, 7) is 23.4. The smallest absolute Gasteiger partial charge is 0.181 e. The number of aliphatic hydroxyl groups excluding tert-OH is 1. The molecular formula is C35H45N3O3. The Morgan fingerprint density at radius 3 is 2.41 bits per heavy atom. The molecule has 2 aliphatic heterocycles. The molecule has 6 nitrogen and oxygen atoms in total. The maximum Gasteiger partial charge on any atom is 0.181 e. The molecule has 0 saturated carbocycles. The van der Waals surface area contributed by atoms with Gasteiger partial charge in [-0.3, -0.25) is 9.79 Å². The molecule has 0 bridgehead atoms. The molecular weight excluding hydrogens is 510 g/mol. The molecule has 2 aromatic carbocycles. The molecule has 5 rings (SSSR count). The molecule has 4 N–H and O–H groups in total. The highest BCUT2D eigenvalue weighted by Crippen LogP contribution is 2.58. The number of nitrogens with two attached hydrogens (primary N) is 1. The van der Waals surface area contributed by atoms with Crippen molar-refractivity contribution in [3.05, 3.63) is 70.6 Å². The van der Waals surface area contributed by atoms with Gasteiger partial charge in [0.05, 0.1) is 12.3 Å². The van der Waals surface area contributed by atoms with Gasteiger partial charge >= 0.3 is 0 Å². The number of aliphatic imine (C=N–C) groups is 1. The Morgan fingerprint density at radius 2 is 1.78 bits per heavy atom. The monoisotopic (exact) mass is 555 g/mol. The van der Waals surface area contributed by atoms with Gasteiger partial charge in [0, 0.05) is 39.2 Å². The minimum absolute atomic E-state index is 0.0801. The van der Waals surface area contributed by atoms with Gasteiger partial charge in [-0.05, 0) is 71.7 Å². The van der Waals surface area contributed by atoms with Gasteiger partial charge < -0.3 is 20.9 Å². The number of rotatable bonds is 8. The van der Waals surface area contributed by atoms with Crippen LogP contribution in [0.1, 0.15) is 91.8 Å². The number of benzene rings is 2. The van der Waals surface area contributed by atoms with Crippen LogP contribution < -0.4 is 15.8 Å². The third-order valence-electron chi connectivity index (χ3n) is 10.2. The van der Waals surface area contributed by atoms with Crippen molar-refractivity contribution in [3.8, 4) is 5.75 Å². The van der Waals surface area contributed by atoms with Crippen molar-refractivity contribution < 1.29 is 14.6 Å². The topological polar surface area (TPSA) is 96.9 Å². The molecule has 6 heteroatoms. The van der Waals surface area contributed by atoms with Crippen molar-refractivity contribution >= 4 is 28.6 Å². The average molecular weight is 556 g/mol. The van der Waals surface area contributed by atoms with Crippen LogP contribution in [0.2, 0.25) is 0 Å². The average Bonchev–Trinajstić information content (AvgIpc) is 3.30. The Bertz CT molecular complexity index is 1540. The van der Waals surface area contributed by atoms with Crippen LogP contribution in [0.4, 0.5) is 17.1 Å². The van der Waals surface area contributed by atoms with Crippen LogP contribution in [-0.4, -0.2) is 23.2 Å². The molecule has 2 heterocycles. The fourth-order valence-corrected chi connectivity index (χ4v) is 6.83. The van der Waals surface area contributed by atoms with Gasteiger partial charge in [-0.15, -0.1) is 0 Å². The molecule has 218 valence electrons. The molecule has 0 saturated heterocycles. The zero-order chi connectivity index (χ0) is 30.3. The van der Waals surface area contributed by atoms with Crippen LogP contribution in [0.25, 0.3) is 0 Å². The maximum absolute atomic E-state index is 14.1. The van der Waals surface area contributed by atoms with Crippen LogP contribution in [0.15, 0.2) is 58.9 Å². The number of carbonyl (C=O) groups is 1. The van der Waals surface area contributed by atoms with Crippen LogP contribution >= 0.6 is 0 Å². The number of ketones is 1. The molecule has 0 fully saturated rings. The molecule has 0 radical (unpaired) electrons. The van der Waals surface area contributed by atoms with E-state index in [4.69, 9.17) is 15.5 Å². The normalized spacial score (nSPS) is 23.0. The van der Waals surface area contributed by atoms with Gasteiger partial charge in [0.15, 0.2) is 5.78 Å². The Balaban J connectivity index is 1.50. The SMILES string of the molecule is C=C1Nc2cc3c(cc2C1(C)C)N=C(C1(C)C(=O)C(C(C)C(C)(C)c2cc(OCCCC)ccc2N)=C1O)C3(C)C. The molecule has 0 aromatic heterocycles. The Labute approximate surface area is 244 Å². The number of hydrogen-bond acceptors (Lipinski definition) is 6. The van der Waals surface area contributed by atoms with E-state index >= 15 is 0 Å². The van der Waals surface area contributed by atoms with E-state index in [1.807, 2.05) is 32.0 Å². The summed E-state index contributed by atoms with van der Waals surface area (Å²) in [6, 6.07) is 9.98. The zero-order valence-corrected chi connectivity index (χ0v) is 26.1. The summed E-state index contributed by atoms with van der Waals surface area (Å²) >= 11 is 0. The number of carbonyl (C=O) groups excluding carboxylic acids is 1. The first-order valence-electron chi connectivity index (χ1n) is 14.8. The lowest BCUT2D eigenvalue weighted by Gasteiger charge is -2.47. The van der Waals surface area contributed by atoms with Crippen LogP contribution in [-0.2, 0) is 21.0 Å². The summed E-state index contributed by atoms with van der Waals surface area (Å²) < 4.78 is 5.95. The number of nitrogens with zero attached hydrogens (tertiary/aromatic N) is 1. The van der Waals surface area contributed by atoms with Gasteiger partial charge in [0.2, 0.25) is 0 Å². The number of fused-ring (bicyclic) bond motifs is 2. The van der Waals surface area contributed by atoms with Crippen LogP contribution in [0, 0.1) is 11.3 Å². The largest absolute Gasteiger partial charge is 0.510 e. The summed E-state index contributed by atoms with van der Waals surface area (Å²) in [5.74, 6) is 0.502. The number of aliphatic hydroxyl groups is 1. The first-order chi connectivity index (χ1) is 19.0. The number of allylic oxidation sites excluding steroid dienone is 3. The van der Waals surface area contributed by atoms with E-state index in [-0.39, 0.29) is 22.9 Å². The lowest BCUT2D eigenvalue weighted by molar-refractivity contribution is -0.125. The summed E-state index contributed by atoms with van der Waals surface area (Å²) in [5, 5.41) is 15.1. The van der Waals surface area contributed by atoms with Crippen molar-refractivity contribution in [2.45, 2.75) is 91.4 Å². The van der Waals surface area contributed by atoms with Crippen molar-refractivity contribution in [3.63, 3.8) is 0 Å². The number of hydrogen-bond donors (Lipinski definition) is 3. The summed E-state index contributed by atoms with van der Waals surface area (Å²) in [6.07, 6.45) is 2.03. The first-order valence-corrected chi connectivity index (χ1v) is 14.8. The maximum atomic E-state index is 14.1. The molecule has 2 unspecified atom stereocenters. The number of nitrogen functional groups attached to an aromatic ring is 1. The number of nitrogens with one attached hydrogen (secondary N) is 1. The Hall–Kier alpha value is -3.54. The predicted molar refractivity (Wildman–Crippen MR) is 169 cm³/mol. The highest BCUT2D eigenvalue weighted by Gasteiger charge is 2.61. The van der Waals surface area contributed by atoms with E-state index in [2.05, 4.69) is 72.5 Å². The fraction of sp³-hybridized carbons (Fsp3) is 0.486. The third kappa shape index (κ3) is 3.97. The lowest BCUT2D eigenvalue weighted by atomic mass is 9.55. The minimum atomic E-state index is -1.18. The zero-order valence-electron chi connectivity index (χ0n) is 26.1. The van der Waals surface area contributed by atoms with Gasteiger partial charge in [-0.2, -0.15) is 0 Å². The van der Waals surface area contributed by atoms with Crippen LogP contribution in [0.5, 0.6) is 5.75 Å².